The number of piperidine rings is 1. The first-order valence-electron chi connectivity index (χ1n) is 18.3. The van der Waals surface area contributed by atoms with E-state index >= 15 is 0 Å². The number of carbonyl (C=O) groups is 6. The van der Waals surface area contributed by atoms with E-state index in [-0.39, 0.29) is 43.6 Å². The van der Waals surface area contributed by atoms with E-state index in [9.17, 15) is 28.8 Å². The Bertz CT molecular complexity index is 1750. The lowest BCUT2D eigenvalue weighted by molar-refractivity contribution is -0.145. The van der Waals surface area contributed by atoms with Gasteiger partial charge in [-0.3, -0.25) is 24.0 Å². The maximum absolute atomic E-state index is 14.2. The molecule has 2 aliphatic rings. The zero-order chi connectivity index (χ0) is 37.7. The molecule has 1 saturated carbocycles. The van der Waals surface area contributed by atoms with E-state index in [0.717, 1.165) is 41.3 Å². The van der Waals surface area contributed by atoms with Crippen molar-refractivity contribution in [3.8, 4) is 0 Å². The number of carbonyl (C=O) groups excluding carboxylic acids is 6. The van der Waals surface area contributed by atoms with Gasteiger partial charge >= 0.3 is 6.03 Å². The van der Waals surface area contributed by atoms with Crippen molar-refractivity contribution >= 4 is 58.1 Å². The van der Waals surface area contributed by atoms with Crippen molar-refractivity contribution in [3.05, 3.63) is 71.9 Å². The van der Waals surface area contributed by atoms with Crippen molar-refractivity contribution in [1.82, 2.24) is 36.5 Å². The number of nitrogens with two attached hydrogens (primary N) is 1. The first-order valence-corrected chi connectivity index (χ1v) is 18.9. The summed E-state index contributed by atoms with van der Waals surface area (Å²) in [6.07, 6.45) is 7.12. The van der Waals surface area contributed by atoms with Crippen molar-refractivity contribution in [2.45, 2.75) is 94.4 Å². The van der Waals surface area contributed by atoms with E-state index < -0.39 is 53.8 Å². The summed E-state index contributed by atoms with van der Waals surface area (Å²) < 4.78 is 0. The first-order chi connectivity index (χ1) is 25.6. The van der Waals surface area contributed by atoms with Crippen LogP contribution in [0, 0.1) is 0 Å². The van der Waals surface area contributed by atoms with E-state index in [1.54, 1.807) is 6.20 Å². The minimum absolute atomic E-state index is 0.0297. The monoisotopic (exact) mass is 748 g/mol. The minimum atomic E-state index is -1.11. The number of nitrogens with zero attached hydrogens (tertiary/aromatic N) is 1. The second-order valence-electron chi connectivity index (χ2n) is 13.7. The van der Waals surface area contributed by atoms with E-state index in [4.69, 9.17) is 17.3 Å². The largest absolute Gasteiger partial charge is 0.361 e. The molecule has 1 saturated heterocycles. The summed E-state index contributed by atoms with van der Waals surface area (Å²) in [4.78, 5) is 84.3. The number of likely N-dealkylation sites (tertiary alicyclic amines) is 1. The lowest BCUT2D eigenvalue weighted by Crippen LogP contribution is -2.61. The average Bonchev–Trinajstić information content (AvgIpc) is 3.56. The summed E-state index contributed by atoms with van der Waals surface area (Å²) >= 11 is 5.80. The number of halogens is 1. The van der Waals surface area contributed by atoms with Gasteiger partial charge in [-0.25, -0.2) is 4.79 Å². The van der Waals surface area contributed by atoms with Crippen LogP contribution >= 0.6 is 11.6 Å². The fourth-order valence-electron chi connectivity index (χ4n) is 6.86. The van der Waals surface area contributed by atoms with Crippen molar-refractivity contribution in [2.75, 3.05) is 19.0 Å². The molecule has 7 amide bonds. The maximum atomic E-state index is 14.2. The molecule has 0 radical (unpaired) electrons. The minimum Gasteiger partial charge on any atom is -0.361 e. The lowest BCUT2D eigenvalue weighted by Gasteiger charge is -2.37. The average molecular weight is 749 g/mol. The number of H-pyrrole nitrogens is 1. The standard InChI is InChI=1S/C38H49ClN8O6/c39-22-33(48)44-31(20-24-10-2-1-3-11-24)37(52)47-19-7-6-17-32(47)36(51)46-30(21-25-23-42-28-15-5-4-14-27(25)28)35(50)45-29(16-9-18-41-38(40)53)34(49)43-26-12-8-13-26/h1-5,10-11,14-15,23,26,29-32,42H,6-9,12-13,16-22H2,(H,43,49)(H,44,48)(H,45,50)(H,46,51)(H3,40,41,53)/t29-,30-,31-,32-/m0/s1. The van der Waals surface area contributed by atoms with Crippen LogP contribution in [-0.4, -0.2) is 94.6 Å². The summed E-state index contributed by atoms with van der Waals surface area (Å²) in [5.74, 6) is -2.66. The smallest absolute Gasteiger partial charge is 0.312 e. The predicted molar refractivity (Wildman–Crippen MR) is 201 cm³/mol. The summed E-state index contributed by atoms with van der Waals surface area (Å²) in [5, 5.41) is 14.9. The van der Waals surface area contributed by atoms with Crippen LogP contribution in [0.25, 0.3) is 10.9 Å². The Balaban J connectivity index is 1.37. The quantitative estimate of drug-likeness (QED) is 0.0813. The van der Waals surface area contributed by atoms with Crippen LogP contribution in [0.5, 0.6) is 0 Å². The molecule has 14 nitrogen and oxygen atoms in total. The van der Waals surface area contributed by atoms with Crippen LogP contribution < -0.4 is 32.3 Å². The Kier molecular flexibility index (Phi) is 14.1. The van der Waals surface area contributed by atoms with Crippen molar-refractivity contribution in [2.24, 2.45) is 5.73 Å². The molecule has 1 aliphatic heterocycles. The number of benzene rings is 2. The molecular formula is C38H49ClN8O6. The van der Waals surface area contributed by atoms with Gasteiger partial charge < -0.3 is 42.2 Å². The molecule has 5 rings (SSSR count). The van der Waals surface area contributed by atoms with Crippen LogP contribution in [0.3, 0.4) is 0 Å². The Morgan fingerprint density at radius 2 is 1.58 bits per heavy atom. The second kappa shape index (κ2) is 19.1. The third-order valence-corrected chi connectivity index (χ3v) is 10.2. The number of amides is 7. The Hall–Kier alpha value is -5.11. The molecule has 2 aromatic carbocycles. The number of aromatic nitrogens is 1. The molecule has 0 unspecified atom stereocenters. The van der Waals surface area contributed by atoms with Gasteiger partial charge in [0, 0.05) is 49.1 Å². The van der Waals surface area contributed by atoms with E-state index in [0.29, 0.717) is 32.2 Å². The van der Waals surface area contributed by atoms with Gasteiger partial charge in [0.05, 0.1) is 0 Å². The molecule has 53 heavy (non-hydrogen) atoms. The molecule has 0 spiro atoms. The molecule has 2 fully saturated rings. The lowest BCUT2D eigenvalue weighted by atomic mass is 9.92. The number of hydrogen-bond donors (Lipinski definition) is 7. The zero-order valence-corrected chi connectivity index (χ0v) is 30.5. The Morgan fingerprint density at radius 1 is 0.830 bits per heavy atom. The number of alkyl halides is 1. The summed E-state index contributed by atoms with van der Waals surface area (Å²) in [6, 6.07) is 12.3. The number of hydrogen-bond acceptors (Lipinski definition) is 6. The third kappa shape index (κ3) is 11.0. The SMILES string of the molecule is NC(=O)NCCC[C@H](NC(=O)[C@H](Cc1c[nH]c2ccccc12)NC(=O)[C@@H]1CCCCN1C(=O)[C@H](Cc1ccccc1)NC(=O)CCl)C(=O)NC1CCC1. The topological polar surface area (TPSA) is 208 Å². The molecule has 284 valence electrons. The third-order valence-electron chi connectivity index (χ3n) is 9.91. The summed E-state index contributed by atoms with van der Waals surface area (Å²) in [6.45, 7) is 0.511. The number of aromatic amines is 1. The Morgan fingerprint density at radius 3 is 2.30 bits per heavy atom. The van der Waals surface area contributed by atoms with Crippen LogP contribution in [-0.2, 0) is 36.8 Å². The van der Waals surface area contributed by atoms with Crippen LogP contribution in [0.4, 0.5) is 4.79 Å². The number of nitrogens with one attached hydrogen (secondary N) is 6. The van der Waals surface area contributed by atoms with Gasteiger partial charge in [0.15, 0.2) is 0 Å². The molecule has 3 aromatic rings. The van der Waals surface area contributed by atoms with Gasteiger partial charge in [0.25, 0.3) is 0 Å². The van der Waals surface area contributed by atoms with Gasteiger partial charge in [-0.05, 0) is 68.6 Å². The van der Waals surface area contributed by atoms with Gasteiger partial charge in [0.2, 0.25) is 29.5 Å². The number of urea groups is 1. The van der Waals surface area contributed by atoms with Crippen molar-refractivity contribution < 1.29 is 28.8 Å². The van der Waals surface area contributed by atoms with Gasteiger partial charge in [-0.15, -0.1) is 11.6 Å². The highest BCUT2D eigenvalue weighted by Crippen LogP contribution is 2.23. The number of primary amides is 1. The molecule has 0 bridgehead atoms. The summed E-state index contributed by atoms with van der Waals surface area (Å²) in [7, 11) is 0. The van der Waals surface area contributed by atoms with Gasteiger partial charge in [0.1, 0.15) is 30.0 Å². The van der Waals surface area contributed by atoms with Gasteiger partial charge in [-0.1, -0.05) is 48.5 Å². The first kappa shape index (κ1) is 39.1. The highest BCUT2D eigenvalue weighted by Gasteiger charge is 2.38. The number of fused-ring (bicyclic) bond motifs is 1. The summed E-state index contributed by atoms with van der Waals surface area (Å²) in [5.41, 5.74) is 7.68. The molecule has 15 heteroatoms. The van der Waals surface area contributed by atoms with E-state index in [1.165, 1.54) is 4.90 Å². The van der Waals surface area contributed by atoms with E-state index in [1.807, 2.05) is 54.6 Å². The molecule has 8 N–H and O–H groups in total. The number of para-hydroxylation sites is 1. The molecule has 2 heterocycles. The Labute approximate surface area is 313 Å². The van der Waals surface area contributed by atoms with Gasteiger partial charge in [-0.2, -0.15) is 0 Å². The maximum Gasteiger partial charge on any atom is 0.312 e. The van der Waals surface area contributed by atoms with Crippen molar-refractivity contribution in [1.29, 1.82) is 0 Å². The molecule has 1 aromatic heterocycles. The normalized spacial score (nSPS) is 17.5. The predicted octanol–water partition coefficient (Wildman–Crippen LogP) is 2.14. The number of rotatable bonds is 17. The van der Waals surface area contributed by atoms with Crippen molar-refractivity contribution in [3.63, 3.8) is 0 Å². The van der Waals surface area contributed by atoms with E-state index in [2.05, 4.69) is 31.6 Å². The van der Waals surface area contributed by atoms with Crippen LogP contribution in [0.2, 0.25) is 0 Å². The van der Waals surface area contributed by atoms with Crippen LogP contribution in [0.15, 0.2) is 60.8 Å². The molecule has 1 aliphatic carbocycles. The zero-order valence-electron chi connectivity index (χ0n) is 29.7. The van der Waals surface area contributed by atoms with Crippen LogP contribution in [0.1, 0.15) is 62.5 Å². The second-order valence-corrected chi connectivity index (χ2v) is 14.0. The highest BCUT2D eigenvalue weighted by molar-refractivity contribution is 6.27. The fraction of sp³-hybridized carbons (Fsp3) is 0.474. The highest BCUT2D eigenvalue weighted by atomic mass is 35.5. The molecular weight excluding hydrogens is 700 g/mol. The molecule has 4 atom stereocenters. The fourth-order valence-corrected chi connectivity index (χ4v) is 6.94.